The second-order valence-corrected chi connectivity index (χ2v) is 5.52. The van der Waals surface area contributed by atoms with Gasteiger partial charge in [0.2, 0.25) is 0 Å². The molecule has 1 aliphatic rings. The zero-order valence-corrected chi connectivity index (χ0v) is 10.9. The van der Waals surface area contributed by atoms with Crippen LogP contribution < -0.4 is 5.32 Å². The lowest BCUT2D eigenvalue weighted by Gasteiger charge is -2.40. The zero-order chi connectivity index (χ0) is 11.1. The van der Waals surface area contributed by atoms with Crippen LogP contribution in [0.2, 0.25) is 0 Å². The van der Waals surface area contributed by atoms with Crippen molar-refractivity contribution in [2.75, 3.05) is 13.1 Å². The van der Waals surface area contributed by atoms with Crippen molar-refractivity contribution in [3.05, 3.63) is 0 Å². The van der Waals surface area contributed by atoms with E-state index >= 15 is 0 Å². The number of hydrogen-bond donors (Lipinski definition) is 1. The van der Waals surface area contributed by atoms with E-state index in [4.69, 9.17) is 0 Å². The van der Waals surface area contributed by atoms with Crippen LogP contribution in [0.15, 0.2) is 0 Å². The van der Waals surface area contributed by atoms with Gasteiger partial charge >= 0.3 is 0 Å². The van der Waals surface area contributed by atoms with E-state index in [2.05, 4.69) is 26.1 Å². The van der Waals surface area contributed by atoms with Crippen LogP contribution in [0.3, 0.4) is 0 Å². The lowest BCUT2D eigenvalue weighted by atomic mass is 9.67. The molecule has 90 valence electrons. The van der Waals surface area contributed by atoms with Gasteiger partial charge in [-0.25, -0.2) is 0 Å². The van der Waals surface area contributed by atoms with Crippen molar-refractivity contribution in [1.29, 1.82) is 0 Å². The summed E-state index contributed by atoms with van der Waals surface area (Å²) in [5.74, 6) is 0.977. The third-order valence-corrected chi connectivity index (χ3v) is 4.19. The molecule has 0 aliphatic heterocycles. The first-order valence-electron chi connectivity index (χ1n) is 6.93. The zero-order valence-electron chi connectivity index (χ0n) is 10.9. The summed E-state index contributed by atoms with van der Waals surface area (Å²) < 4.78 is 0. The van der Waals surface area contributed by atoms with E-state index in [1.807, 2.05) is 0 Å². The van der Waals surface area contributed by atoms with E-state index in [9.17, 15) is 0 Å². The van der Waals surface area contributed by atoms with Crippen LogP contribution in [0.4, 0.5) is 0 Å². The van der Waals surface area contributed by atoms with Crippen molar-refractivity contribution in [3.8, 4) is 0 Å². The van der Waals surface area contributed by atoms with Crippen LogP contribution in [0, 0.1) is 11.3 Å². The summed E-state index contributed by atoms with van der Waals surface area (Å²) in [6, 6.07) is 0. The maximum absolute atomic E-state index is 3.57. The fourth-order valence-electron chi connectivity index (χ4n) is 3.22. The van der Waals surface area contributed by atoms with Crippen LogP contribution in [0.1, 0.15) is 65.7 Å². The van der Waals surface area contributed by atoms with Gasteiger partial charge in [-0.05, 0) is 37.1 Å². The normalized spacial score (nSPS) is 22.6. The molecule has 1 fully saturated rings. The summed E-state index contributed by atoms with van der Waals surface area (Å²) in [6.45, 7) is 9.39. The largest absolute Gasteiger partial charge is 0.316 e. The Morgan fingerprint density at radius 1 is 1.13 bits per heavy atom. The summed E-state index contributed by atoms with van der Waals surface area (Å²) in [7, 11) is 0. The highest BCUT2D eigenvalue weighted by Gasteiger charge is 2.33. The highest BCUT2D eigenvalue weighted by Crippen LogP contribution is 2.41. The van der Waals surface area contributed by atoms with Crippen molar-refractivity contribution in [1.82, 2.24) is 5.32 Å². The molecule has 1 N–H and O–H groups in total. The standard InChI is InChI=1S/C14H29N/c1-4-11-14(3,12-15-5-2)13-9-7-6-8-10-13/h13,15H,4-12H2,1-3H3. The molecule has 1 aliphatic carbocycles. The number of nitrogens with one attached hydrogen (secondary N) is 1. The minimum absolute atomic E-state index is 0.561. The lowest BCUT2D eigenvalue weighted by Crippen LogP contribution is -2.39. The van der Waals surface area contributed by atoms with E-state index in [0.29, 0.717) is 5.41 Å². The molecule has 0 radical (unpaired) electrons. The molecule has 0 aromatic rings. The fourth-order valence-corrected chi connectivity index (χ4v) is 3.22. The van der Waals surface area contributed by atoms with Crippen LogP contribution in [-0.2, 0) is 0 Å². The molecule has 1 atom stereocenters. The molecule has 15 heavy (non-hydrogen) atoms. The first kappa shape index (κ1) is 13.0. The summed E-state index contributed by atoms with van der Waals surface area (Å²) in [4.78, 5) is 0. The van der Waals surface area contributed by atoms with Crippen molar-refractivity contribution in [2.45, 2.75) is 65.7 Å². The third kappa shape index (κ3) is 3.79. The first-order chi connectivity index (χ1) is 7.23. The average Bonchev–Trinajstić information content (AvgIpc) is 2.28. The van der Waals surface area contributed by atoms with Gasteiger partial charge in [0.25, 0.3) is 0 Å². The molecule has 1 unspecified atom stereocenters. The smallest absolute Gasteiger partial charge is 0.000770 e. The summed E-state index contributed by atoms with van der Waals surface area (Å²) in [5.41, 5.74) is 0.561. The van der Waals surface area contributed by atoms with Crippen molar-refractivity contribution in [3.63, 3.8) is 0 Å². The lowest BCUT2D eigenvalue weighted by molar-refractivity contribution is 0.121. The van der Waals surface area contributed by atoms with Crippen molar-refractivity contribution in [2.24, 2.45) is 11.3 Å². The highest BCUT2D eigenvalue weighted by atomic mass is 14.9. The van der Waals surface area contributed by atoms with Gasteiger partial charge in [0.05, 0.1) is 0 Å². The van der Waals surface area contributed by atoms with Gasteiger partial charge < -0.3 is 5.32 Å². The Morgan fingerprint density at radius 2 is 1.80 bits per heavy atom. The van der Waals surface area contributed by atoms with E-state index in [1.54, 1.807) is 0 Å². The average molecular weight is 211 g/mol. The van der Waals surface area contributed by atoms with Gasteiger partial charge in [-0.2, -0.15) is 0 Å². The van der Waals surface area contributed by atoms with Gasteiger partial charge in [0, 0.05) is 6.54 Å². The molecule has 1 saturated carbocycles. The molecule has 0 bridgehead atoms. The van der Waals surface area contributed by atoms with Gasteiger partial charge in [0.15, 0.2) is 0 Å². The Bertz CT molecular complexity index is 161. The summed E-state index contributed by atoms with van der Waals surface area (Å²) in [6.07, 6.45) is 10.1. The monoisotopic (exact) mass is 211 g/mol. The molecule has 0 aromatic heterocycles. The van der Waals surface area contributed by atoms with Crippen molar-refractivity contribution >= 4 is 0 Å². The van der Waals surface area contributed by atoms with Crippen LogP contribution in [0.5, 0.6) is 0 Å². The van der Waals surface area contributed by atoms with E-state index in [0.717, 1.165) is 12.5 Å². The van der Waals surface area contributed by atoms with Crippen LogP contribution >= 0.6 is 0 Å². The van der Waals surface area contributed by atoms with Gasteiger partial charge in [-0.1, -0.05) is 46.5 Å². The third-order valence-electron chi connectivity index (χ3n) is 4.19. The quantitative estimate of drug-likeness (QED) is 0.700. The van der Waals surface area contributed by atoms with Gasteiger partial charge in [0.1, 0.15) is 0 Å². The van der Waals surface area contributed by atoms with Gasteiger partial charge in [-0.3, -0.25) is 0 Å². The Labute approximate surface area is 96.0 Å². The maximum Gasteiger partial charge on any atom is 0.000770 e. The molecule has 1 heteroatoms. The van der Waals surface area contributed by atoms with Crippen LogP contribution in [-0.4, -0.2) is 13.1 Å². The second kappa shape index (κ2) is 6.52. The molecule has 0 heterocycles. The van der Waals surface area contributed by atoms with Gasteiger partial charge in [-0.15, -0.1) is 0 Å². The minimum atomic E-state index is 0.561. The number of rotatable bonds is 6. The predicted molar refractivity (Wildman–Crippen MR) is 68.1 cm³/mol. The predicted octanol–water partition coefficient (Wildman–Crippen LogP) is 3.98. The Balaban J connectivity index is 2.52. The first-order valence-corrected chi connectivity index (χ1v) is 6.93. The summed E-state index contributed by atoms with van der Waals surface area (Å²) >= 11 is 0. The minimum Gasteiger partial charge on any atom is -0.316 e. The number of hydrogen-bond acceptors (Lipinski definition) is 1. The fraction of sp³-hybridized carbons (Fsp3) is 1.00. The molecule has 0 amide bonds. The van der Waals surface area contributed by atoms with Crippen molar-refractivity contribution < 1.29 is 0 Å². The molecule has 0 spiro atoms. The maximum atomic E-state index is 3.57. The van der Waals surface area contributed by atoms with Crippen LogP contribution in [0.25, 0.3) is 0 Å². The topological polar surface area (TPSA) is 12.0 Å². The SMILES string of the molecule is CCCC(C)(CNCC)C1CCCCC1. The van der Waals surface area contributed by atoms with E-state index in [1.165, 1.54) is 51.5 Å². The Morgan fingerprint density at radius 3 is 2.33 bits per heavy atom. The molecule has 1 nitrogen and oxygen atoms in total. The molecule has 0 saturated heterocycles. The van der Waals surface area contributed by atoms with E-state index in [-0.39, 0.29) is 0 Å². The molecular formula is C14H29N. The molecule has 1 rings (SSSR count). The highest BCUT2D eigenvalue weighted by molar-refractivity contribution is 4.86. The summed E-state index contributed by atoms with van der Waals surface area (Å²) in [5, 5.41) is 3.57. The Hall–Kier alpha value is -0.0400. The second-order valence-electron chi connectivity index (χ2n) is 5.52. The Kier molecular flexibility index (Phi) is 5.66. The van der Waals surface area contributed by atoms with E-state index < -0.39 is 0 Å². The molecular weight excluding hydrogens is 182 g/mol. The molecule has 0 aromatic carbocycles.